The van der Waals surface area contributed by atoms with Crippen LogP contribution in [-0.2, 0) is 10.4 Å². The molecule has 0 amide bonds. The highest BCUT2D eigenvalue weighted by atomic mass is 32.3. The Bertz CT molecular complexity index is 338. The van der Waals surface area contributed by atoms with Gasteiger partial charge in [-0.3, -0.25) is 9.11 Å². The fourth-order valence-electron chi connectivity index (χ4n) is 1.29. The van der Waals surface area contributed by atoms with Crippen LogP contribution in [0.2, 0.25) is 0 Å². The van der Waals surface area contributed by atoms with Gasteiger partial charge in [0.15, 0.2) is 5.96 Å². The van der Waals surface area contributed by atoms with Crippen LogP contribution in [0.1, 0.15) is 25.7 Å². The molecule has 0 aliphatic heterocycles. The van der Waals surface area contributed by atoms with Crippen LogP contribution in [0.5, 0.6) is 0 Å². The molecule has 94 valence electrons. The van der Waals surface area contributed by atoms with Gasteiger partial charge in [-0.2, -0.15) is 8.42 Å². The van der Waals surface area contributed by atoms with Crippen LogP contribution in [0.25, 0.3) is 0 Å². The molecule has 0 saturated carbocycles. The second kappa shape index (κ2) is 7.20. The summed E-state index contributed by atoms with van der Waals surface area (Å²) in [6.07, 6.45) is 8.80. The summed E-state index contributed by atoms with van der Waals surface area (Å²) in [5, 5.41) is 0. The van der Waals surface area contributed by atoms with Crippen molar-refractivity contribution in [2.24, 2.45) is 16.5 Å². The van der Waals surface area contributed by atoms with Crippen LogP contribution in [0.4, 0.5) is 0 Å². The predicted octanol–water partition coefficient (Wildman–Crippen LogP) is 0.106. The summed E-state index contributed by atoms with van der Waals surface area (Å²) in [6, 6.07) is 0.318. The molecular weight excluding hydrogens is 234 g/mol. The van der Waals surface area contributed by atoms with Crippen molar-refractivity contribution < 1.29 is 17.5 Å². The Labute approximate surface area is 94.8 Å². The van der Waals surface area contributed by atoms with E-state index in [1.54, 1.807) is 0 Å². The van der Waals surface area contributed by atoms with Crippen molar-refractivity contribution >= 4 is 16.4 Å². The molecule has 0 radical (unpaired) electrons. The molecule has 1 aliphatic rings. The van der Waals surface area contributed by atoms with Crippen LogP contribution < -0.4 is 11.5 Å². The summed E-state index contributed by atoms with van der Waals surface area (Å²) >= 11 is 0. The van der Waals surface area contributed by atoms with E-state index >= 15 is 0 Å². The number of guanidine groups is 1. The lowest BCUT2D eigenvalue weighted by Crippen LogP contribution is -2.25. The number of rotatable bonds is 1. The fourth-order valence-corrected chi connectivity index (χ4v) is 1.29. The Kier molecular flexibility index (Phi) is 6.70. The second-order valence-electron chi connectivity index (χ2n) is 3.29. The molecule has 1 rings (SSSR count). The first-order chi connectivity index (χ1) is 7.29. The average Bonchev–Trinajstić information content (AvgIpc) is 2.28. The molecular formula is C8H17N3O4S. The molecule has 16 heavy (non-hydrogen) atoms. The standard InChI is InChI=1S/C8H15N3.H2O4S/c9-8(10)11-7-5-3-1-2-4-6-7;1-5(2,3)4/h1,3,7H,2,4-6H2,(H4,9,10,11);(H2,1,2,3,4). The van der Waals surface area contributed by atoms with Gasteiger partial charge in [-0.25, -0.2) is 4.99 Å². The summed E-state index contributed by atoms with van der Waals surface area (Å²) < 4.78 is 31.6. The third-order valence-electron chi connectivity index (χ3n) is 1.81. The summed E-state index contributed by atoms with van der Waals surface area (Å²) in [6.45, 7) is 0. The van der Waals surface area contributed by atoms with E-state index in [1.165, 1.54) is 6.42 Å². The molecule has 0 fully saturated rings. The molecule has 1 aliphatic carbocycles. The second-order valence-corrected chi connectivity index (χ2v) is 4.19. The third kappa shape index (κ3) is 12.9. The lowest BCUT2D eigenvalue weighted by atomic mass is 10.1. The first kappa shape index (κ1) is 14.9. The number of allylic oxidation sites excluding steroid dienone is 1. The van der Waals surface area contributed by atoms with Crippen molar-refractivity contribution in [3.63, 3.8) is 0 Å². The van der Waals surface area contributed by atoms with Gasteiger partial charge in [-0.05, 0) is 25.7 Å². The van der Waals surface area contributed by atoms with Gasteiger partial charge in [-0.1, -0.05) is 12.2 Å². The van der Waals surface area contributed by atoms with Crippen LogP contribution >= 0.6 is 0 Å². The molecule has 0 aromatic heterocycles. The molecule has 6 N–H and O–H groups in total. The Hall–Kier alpha value is -1.12. The first-order valence-corrected chi connectivity index (χ1v) is 6.12. The summed E-state index contributed by atoms with van der Waals surface area (Å²) in [4.78, 5) is 4.12. The molecule has 0 saturated heterocycles. The minimum absolute atomic E-state index is 0.213. The van der Waals surface area contributed by atoms with Gasteiger partial charge in [0, 0.05) is 0 Å². The van der Waals surface area contributed by atoms with Gasteiger partial charge in [0.2, 0.25) is 0 Å². The molecule has 1 atom stereocenters. The van der Waals surface area contributed by atoms with Crippen LogP contribution in [0, 0.1) is 0 Å². The van der Waals surface area contributed by atoms with Crippen molar-refractivity contribution in [3.8, 4) is 0 Å². The quantitative estimate of drug-likeness (QED) is 0.226. The monoisotopic (exact) mass is 251 g/mol. The molecule has 0 heterocycles. The van der Waals surface area contributed by atoms with E-state index in [9.17, 15) is 0 Å². The Balaban J connectivity index is 0.000000385. The summed E-state index contributed by atoms with van der Waals surface area (Å²) in [5.41, 5.74) is 10.6. The predicted molar refractivity (Wildman–Crippen MR) is 61.4 cm³/mol. The number of aliphatic imine (C=N–C) groups is 1. The number of nitrogens with zero attached hydrogens (tertiary/aromatic N) is 1. The van der Waals surface area contributed by atoms with E-state index in [4.69, 9.17) is 29.0 Å². The number of hydrogen-bond donors (Lipinski definition) is 4. The van der Waals surface area contributed by atoms with E-state index in [0.717, 1.165) is 19.3 Å². The maximum atomic E-state index is 8.74. The highest BCUT2D eigenvalue weighted by Gasteiger charge is 2.06. The minimum Gasteiger partial charge on any atom is -0.370 e. The minimum atomic E-state index is -4.67. The molecule has 0 aromatic rings. The van der Waals surface area contributed by atoms with Crippen molar-refractivity contribution in [3.05, 3.63) is 12.2 Å². The Morgan fingerprint density at radius 2 is 1.88 bits per heavy atom. The number of hydrogen-bond acceptors (Lipinski definition) is 3. The van der Waals surface area contributed by atoms with Crippen molar-refractivity contribution in [2.45, 2.75) is 31.7 Å². The molecule has 0 spiro atoms. The summed E-state index contributed by atoms with van der Waals surface area (Å²) in [5.74, 6) is 0.213. The van der Waals surface area contributed by atoms with E-state index < -0.39 is 10.4 Å². The summed E-state index contributed by atoms with van der Waals surface area (Å²) in [7, 11) is -4.67. The van der Waals surface area contributed by atoms with E-state index in [0.29, 0.717) is 6.04 Å². The van der Waals surface area contributed by atoms with Crippen LogP contribution in [-0.4, -0.2) is 29.5 Å². The average molecular weight is 251 g/mol. The zero-order valence-corrected chi connectivity index (χ0v) is 9.60. The molecule has 0 bridgehead atoms. The van der Waals surface area contributed by atoms with Gasteiger partial charge >= 0.3 is 10.4 Å². The van der Waals surface area contributed by atoms with E-state index in [-0.39, 0.29) is 5.96 Å². The molecule has 7 nitrogen and oxygen atoms in total. The number of nitrogens with two attached hydrogens (primary N) is 2. The van der Waals surface area contributed by atoms with Crippen molar-refractivity contribution in [2.75, 3.05) is 0 Å². The van der Waals surface area contributed by atoms with Crippen molar-refractivity contribution in [1.82, 2.24) is 0 Å². The first-order valence-electron chi connectivity index (χ1n) is 4.72. The maximum absolute atomic E-state index is 8.74. The smallest absolute Gasteiger partial charge is 0.370 e. The van der Waals surface area contributed by atoms with Gasteiger partial charge in [0.05, 0.1) is 6.04 Å². The van der Waals surface area contributed by atoms with E-state index in [2.05, 4.69) is 17.1 Å². The maximum Gasteiger partial charge on any atom is 0.394 e. The normalized spacial score (nSPS) is 20.2. The van der Waals surface area contributed by atoms with Gasteiger partial charge < -0.3 is 11.5 Å². The largest absolute Gasteiger partial charge is 0.394 e. The topological polar surface area (TPSA) is 139 Å². The van der Waals surface area contributed by atoms with E-state index in [1.807, 2.05) is 0 Å². The molecule has 0 aromatic carbocycles. The fraction of sp³-hybridized carbons (Fsp3) is 0.625. The van der Waals surface area contributed by atoms with Crippen molar-refractivity contribution in [1.29, 1.82) is 0 Å². The zero-order valence-electron chi connectivity index (χ0n) is 8.78. The van der Waals surface area contributed by atoms with Gasteiger partial charge in [0.25, 0.3) is 0 Å². The molecule has 8 heteroatoms. The molecule has 1 unspecified atom stereocenters. The van der Waals surface area contributed by atoms with Crippen LogP contribution in [0.3, 0.4) is 0 Å². The lowest BCUT2D eigenvalue weighted by Gasteiger charge is -2.06. The van der Waals surface area contributed by atoms with Crippen LogP contribution in [0.15, 0.2) is 17.1 Å². The third-order valence-corrected chi connectivity index (χ3v) is 1.81. The van der Waals surface area contributed by atoms with Gasteiger partial charge in [0.1, 0.15) is 0 Å². The Morgan fingerprint density at radius 3 is 2.38 bits per heavy atom. The highest BCUT2D eigenvalue weighted by Crippen LogP contribution is 2.13. The lowest BCUT2D eigenvalue weighted by molar-refractivity contribution is 0.381. The highest BCUT2D eigenvalue weighted by molar-refractivity contribution is 7.79. The SMILES string of the molecule is NC(N)=NC1CC=CCCC1.O=S(=O)(O)O. The van der Waals surface area contributed by atoms with Gasteiger partial charge in [-0.15, -0.1) is 0 Å². The Morgan fingerprint density at radius 1 is 1.31 bits per heavy atom. The zero-order chi connectivity index (χ0) is 12.6.